The van der Waals surface area contributed by atoms with Crippen LogP contribution in [0.25, 0.3) is 0 Å². The number of carboxylic acids is 1. The lowest BCUT2D eigenvalue weighted by Crippen LogP contribution is -2.29. The number of aliphatic hydroxyl groups is 1. The fourth-order valence-electron chi connectivity index (χ4n) is 5.49. The van der Waals surface area contributed by atoms with Gasteiger partial charge >= 0.3 is 5.97 Å². The highest BCUT2D eigenvalue weighted by Crippen LogP contribution is 2.48. The van der Waals surface area contributed by atoms with Crippen molar-refractivity contribution in [2.75, 3.05) is 6.61 Å². The van der Waals surface area contributed by atoms with Crippen molar-refractivity contribution in [1.29, 1.82) is 0 Å². The maximum Gasteiger partial charge on any atom is 0.341 e. The lowest BCUT2D eigenvalue weighted by atomic mass is 9.73. The molecule has 7 heteroatoms. The van der Waals surface area contributed by atoms with Crippen molar-refractivity contribution < 1.29 is 29.5 Å². The Morgan fingerprint density at radius 3 is 2.75 bits per heavy atom. The summed E-state index contributed by atoms with van der Waals surface area (Å²) in [6, 6.07) is 5.88. The normalized spacial score (nSPS) is 26.2. The molecular weight excluding hydrogens is 410 g/mol. The van der Waals surface area contributed by atoms with Crippen molar-refractivity contribution in [2.45, 2.75) is 90.1 Å². The van der Waals surface area contributed by atoms with E-state index in [4.69, 9.17) is 25.4 Å². The first kappa shape index (κ1) is 25.0. The van der Waals surface area contributed by atoms with E-state index in [9.17, 15) is 9.90 Å². The van der Waals surface area contributed by atoms with Crippen molar-refractivity contribution in [1.82, 2.24) is 0 Å². The van der Waals surface area contributed by atoms with E-state index < -0.39 is 12.2 Å². The lowest BCUT2D eigenvalue weighted by molar-refractivity contribution is -0.349. The molecule has 0 aliphatic heterocycles. The number of aliphatic carboxylic acids is 1. The van der Waals surface area contributed by atoms with Gasteiger partial charge in [-0.15, -0.1) is 0 Å². The molecular formula is C25H39NO6. The van der Waals surface area contributed by atoms with Crippen LogP contribution in [0.1, 0.15) is 69.9 Å². The monoisotopic (exact) mass is 449 g/mol. The molecule has 1 fully saturated rings. The van der Waals surface area contributed by atoms with Crippen molar-refractivity contribution in [3.8, 4) is 5.75 Å². The molecule has 7 nitrogen and oxygen atoms in total. The van der Waals surface area contributed by atoms with Gasteiger partial charge in [0, 0.05) is 0 Å². The number of hydrogen-bond donors (Lipinski definition) is 3. The van der Waals surface area contributed by atoms with Gasteiger partial charge in [-0.3, -0.25) is 0 Å². The average molecular weight is 450 g/mol. The molecule has 1 saturated carbocycles. The zero-order chi connectivity index (χ0) is 23.1. The summed E-state index contributed by atoms with van der Waals surface area (Å²) in [5, 5.41) is 19.8. The van der Waals surface area contributed by atoms with Crippen LogP contribution in [0.5, 0.6) is 5.75 Å². The van der Waals surface area contributed by atoms with E-state index in [0.717, 1.165) is 63.4 Å². The number of hydrogen-bond acceptors (Lipinski definition) is 6. The molecule has 4 N–H and O–H groups in total. The Balaban J connectivity index is 1.63. The second-order valence-electron chi connectivity index (χ2n) is 9.47. The highest BCUT2D eigenvalue weighted by molar-refractivity contribution is 5.68. The molecule has 1 aromatic rings. The number of carboxylic acid groups (broad SMARTS) is 1. The standard InChI is InChI=1S/C25H39NO6/c1-3-4-5-8-19(32-31-16(2)26)10-11-20-21-12-17-7-6-9-24(30-15-25(28)29)22(17)13-18(21)14-23(20)27/h6-7,9,16,18-21,23,27H,3-5,8,10-15,26H2,1-2H3,(H,28,29). The van der Waals surface area contributed by atoms with Gasteiger partial charge < -0.3 is 20.7 Å². The first-order valence-corrected chi connectivity index (χ1v) is 12.1. The van der Waals surface area contributed by atoms with Gasteiger partial charge in [0.05, 0.1) is 12.2 Å². The molecule has 0 heterocycles. The molecule has 0 spiro atoms. The van der Waals surface area contributed by atoms with Crippen LogP contribution in [0.15, 0.2) is 18.2 Å². The van der Waals surface area contributed by atoms with Crippen LogP contribution in [0.3, 0.4) is 0 Å². The molecule has 180 valence electrons. The van der Waals surface area contributed by atoms with Crippen LogP contribution in [-0.2, 0) is 27.4 Å². The van der Waals surface area contributed by atoms with Gasteiger partial charge in [0.15, 0.2) is 6.61 Å². The zero-order valence-corrected chi connectivity index (χ0v) is 19.4. The van der Waals surface area contributed by atoms with Crippen LogP contribution in [-0.4, -0.2) is 41.2 Å². The molecule has 0 aromatic heterocycles. The number of benzene rings is 1. The Hall–Kier alpha value is -1.67. The van der Waals surface area contributed by atoms with Gasteiger partial charge in [-0.2, -0.15) is 0 Å². The van der Waals surface area contributed by atoms with Crippen LogP contribution < -0.4 is 10.5 Å². The first-order chi connectivity index (χ1) is 15.4. The van der Waals surface area contributed by atoms with Gasteiger partial charge in [-0.05, 0) is 80.4 Å². The number of carbonyl (C=O) groups is 1. The van der Waals surface area contributed by atoms with E-state index in [1.54, 1.807) is 6.92 Å². The molecule has 6 unspecified atom stereocenters. The number of rotatable bonds is 13. The third-order valence-corrected chi connectivity index (χ3v) is 6.99. The summed E-state index contributed by atoms with van der Waals surface area (Å²) in [6.45, 7) is 3.60. The Morgan fingerprint density at radius 1 is 1.22 bits per heavy atom. The Labute approximate surface area is 191 Å². The van der Waals surface area contributed by atoms with E-state index in [0.29, 0.717) is 17.6 Å². The summed E-state index contributed by atoms with van der Waals surface area (Å²) in [5.41, 5.74) is 8.01. The number of unbranched alkanes of at least 4 members (excludes halogenated alkanes) is 2. The topological polar surface area (TPSA) is 111 Å². The number of ether oxygens (including phenoxy) is 1. The van der Waals surface area contributed by atoms with E-state index in [-0.39, 0.29) is 24.7 Å². The molecule has 3 rings (SSSR count). The van der Waals surface area contributed by atoms with Gasteiger partial charge in [0.1, 0.15) is 12.0 Å². The molecule has 0 radical (unpaired) electrons. The minimum absolute atomic E-state index is 0.00861. The predicted octanol–water partition coefficient (Wildman–Crippen LogP) is 3.84. The Kier molecular flexibility index (Phi) is 9.34. The average Bonchev–Trinajstić information content (AvgIpc) is 3.06. The SMILES string of the molecule is CCCCCC(CCC1C(O)CC2Cc3c(cccc3OCC(=O)O)CC21)OOC(C)N. The minimum atomic E-state index is -0.976. The smallest absolute Gasteiger partial charge is 0.341 e. The molecule has 0 saturated heterocycles. The largest absolute Gasteiger partial charge is 0.482 e. The fraction of sp³-hybridized carbons (Fsp3) is 0.720. The fourth-order valence-corrected chi connectivity index (χ4v) is 5.49. The van der Waals surface area contributed by atoms with Gasteiger partial charge in [-0.25, -0.2) is 14.6 Å². The van der Waals surface area contributed by atoms with E-state index in [1.165, 1.54) is 5.56 Å². The third-order valence-electron chi connectivity index (χ3n) is 6.99. The van der Waals surface area contributed by atoms with Crippen molar-refractivity contribution in [2.24, 2.45) is 23.5 Å². The molecule has 0 bridgehead atoms. The third kappa shape index (κ3) is 6.67. The Morgan fingerprint density at radius 2 is 2.03 bits per heavy atom. The van der Waals surface area contributed by atoms with Gasteiger partial charge in [-0.1, -0.05) is 38.3 Å². The van der Waals surface area contributed by atoms with E-state index >= 15 is 0 Å². The van der Waals surface area contributed by atoms with Crippen molar-refractivity contribution in [3.05, 3.63) is 29.3 Å². The van der Waals surface area contributed by atoms with Crippen molar-refractivity contribution >= 4 is 5.97 Å². The number of nitrogens with two attached hydrogens (primary N) is 1. The van der Waals surface area contributed by atoms with Crippen LogP contribution in [0.2, 0.25) is 0 Å². The molecule has 0 amide bonds. The highest BCUT2D eigenvalue weighted by Gasteiger charge is 2.45. The molecule has 2 aliphatic carbocycles. The van der Waals surface area contributed by atoms with E-state index in [1.807, 2.05) is 12.1 Å². The summed E-state index contributed by atoms with van der Waals surface area (Å²) in [4.78, 5) is 21.8. The Bertz CT molecular complexity index is 739. The summed E-state index contributed by atoms with van der Waals surface area (Å²) >= 11 is 0. The molecule has 1 aromatic carbocycles. The minimum Gasteiger partial charge on any atom is -0.482 e. The molecule has 6 atom stereocenters. The van der Waals surface area contributed by atoms with Crippen LogP contribution >= 0.6 is 0 Å². The van der Waals surface area contributed by atoms with Crippen molar-refractivity contribution in [3.63, 3.8) is 0 Å². The van der Waals surface area contributed by atoms with E-state index in [2.05, 4.69) is 13.0 Å². The summed E-state index contributed by atoms with van der Waals surface area (Å²) in [5.74, 6) is 0.717. The lowest BCUT2D eigenvalue weighted by Gasteiger charge is -2.32. The second-order valence-corrected chi connectivity index (χ2v) is 9.47. The van der Waals surface area contributed by atoms with Gasteiger partial charge in [0.25, 0.3) is 0 Å². The summed E-state index contributed by atoms with van der Waals surface area (Å²) in [7, 11) is 0. The zero-order valence-electron chi connectivity index (χ0n) is 19.4. The quantitative estimate of drug-likeness (QED) is 0.182. The predicted molar refractivity (Wildman–Crippen MR) is 121 cm³/mol. The molecule has 2 aliphatic rings. The number of aliphatic hydroxyl groups excluding tert-OH is 1. The maximum atomic E-state index is 10.9. The second kappa shape index (κ2) is 12.0. The highest BCUT2D eigenvalue weighted by atomic mass is 17.2. The number of fused-ring (bicyclic) bond motifs is 2. The molecule has 32 heavy (non-hydrogen) atoms. The van der Waals surface area contributed by atoms with Gasteiger partial charge in [0.2, 0.25) is 0 Å². The summed E-state index contributed by atoms with van der Waals surface area (Å²) in [6.07, 6.45) is 7.79. The summed E-state index contributed by atoms with van der Waals surface area (Å²) < 4.78 is 5.54. The van der Waals surface area contributed by atoms with Crippen LogP contribution in [0.4, 0.5) is 0 Å². The maximum absolute atomic E-state index is 10.9. The first-order valence-electron chi connectivity index (χ1n) is 12.1. The van der Waals surface area contributed by atoms with Crippen LogP contribution in [0, 0.1) is 17.8 Å².